The Hall–Kier alpha value is -1.91. The van der Waals surface area contributed by atoms with E-state index in [1.54, 1.807) is 12.1 Å². The summed E-state index contributed by atoms with van der Waals surface area (Å²) in [7, 11) is 0. The van der Waals surface area contributed by atoms with Crippen molar-refractivity contribution in [3.8, 4) is 11.3 Å². The van der Waals surface area contributed by atoms with E-state index in [9.17, 15) is 9.59 Å². The molecule has 0 N–H and O–H groups in total. The predicted octanol–water partition coefficient (Wildman–Crippen LogP) is 3.94. The van der Waals surface area contributed by atoms with E-state index in [1.807, 2.05) is 25.1 Å². The summed E-state index contributed by atoms with van der Waals surface area (Å²) in [5, 5.41) is 0.650. The van der Waals surface area contributed by atoms with Crippen molar-refractivity contribution in [3.05, 3.63) is 46.7 Å². The molecule has 2 saturated heterocycles. The maximum atomic E-state index is 13.0. The summed E-state index contributed by atoms with van der Waals surface area (Å²) in [5.41, 5.74) is 1.58. The maximum absolute atomic E-state index is 13.0. The van der Waals surface area contributed by atoms with Crippen LogP contribution >= 0.6 is 11.6 Å². The molecule has 2 aliphatic heterocycles. The Morgan fingerprint density at radius 1 is 1.00 bits per heavy atom. The van der Waals surface area contributed by atoms with Gasteiger partial charge in [-0.05, 0) is 50.1 Å². The van der Waals surface area contributed by atoms with Crippen LogP contribution in [0.1, 0.15) is 30.1 Å². The molecule has 1 aromatic heterocycles. The summed E-state index contributed by atoms with van der Waals surface area (Å²) >= 11 is 5.93. The van der Waals surface area contributed by atoms with Crippen LogP contribution in [0.4, 0.5) is 0 Å². The van der Waals surface area contributed by atoms with Crippen LogP contribution in [0.25, 0.3) is 11.3 Å². The molecule has 128 valence electrons. The standard InChI is InChI=1S/C20H17ClO4/c1-9-12(8-15(24-9)10-2-4-11(21)5-3-10)16-19(22)17-13-6-7-14(25-13)18(17)20(16)23/h2-5,8,13-14,16-18H,6-7H2,1H3/t13-,14+,16?,17+,18-. The maximum Gasteiger partial charge on any atom is 0.154 e. The number of halogens is 1. The smallest absolute Gasteiger partial charge is 0.154 e. The van der Waals surface area contributed by atoms with E-state index < -0.39 is 5.92 Å². The number of furan rings is 1. The number of carbonyl (C=O) groups is 2. The van der Waals surface area contributed by atoms with Gasteiger partial charge in [0.05, 0.1) is 24.0 Å². The lowest BCUT2D eigenvalue weighted by molar-refractivity contribution is -0.127. The Morgan fingerprint density at radius 2 is 1.60 bits per heavy atom. The highest BCUT2D eigenvalue weighted by molar-refractivity contribution is 6.30. The van der Waals surface area contributed by atoms with E-state index in [0.29, 0.717) is 22.1 Å². The van der Waals surface area contributed by atoms with Gasteiger partial charge in [0.1, 0.15) is 17.4 Å². The number of hydrogen-bond donors (Lipinski definition) is 0. The fraction of sp³-hybridized carbons (Fsp3) is 0.400. The van der Waals surface area contributed by atoms with Crippen LogP contribution in [-0.2, 0) is 14.3 Å². The topological polar surface area (TPSA) is 56.5 Å². The Morgan fingerprint density at radius 3 is 2.20 bits per heavy atom. The van der Waals surface area contributed by atoms with Gasteiger partial charge in [0, 0.05) is 16.1 Å². The molecule has 25 heavy (non-hydrogen) atoms. The zero-order valence-electron chi connectivity index (χ0n) is 13.7. The highest BCUT2D eigenvalue weighted by atomic mass is 35.5. The van der Waals surface area contributed by atoms with Gasteiger partial charge in [-0.3, -0.25) is 9.59 Å². The van der Waals surface area contributed by atoms with E-state index >= 15 is 0 Å². The highest BCUT2D eigenvalue weighted by Gasteiger charge is 2.63. The number of fused-ring (bicyclic) bond motifs is 5. The number of ether oxygens (including phenoxy) is 1. The van der Waals surface area contributed by atoms with Gasteiger partial charge in [0.2, 0.25) is 0 Å². The molecular formula is C20H17ClO4. The third kappa shape index (κ3) is 2.10. The third-order valence-electron chi connectivity index (χ3n) is 5.90. The molecule has 1 aromatic carbocycles. The monoisotopic (exact) mass is 356 g/mol. The molecule has 1 aliphatic carbocycles. The minimum Gasteiger partial charge on any atom is -0.461 e. The second-order valence-electron chi connectivity index (χ2n) is 7.21. The number of carbonyl (C=O) groups excluding carboxylic acids is 2. The molecular weight excluding hydrogens is 340 g/mol. The highest BCUT2D eigenvalue weighted by Crippen LogP contribution is 2.52. The summed E-state index contributed by atoms with van der Waals surface area (Å²) in [6, 6.07) is 9.15. The summed E-state index contributed by atoms with van der Waals surface area (Å²) in [6.45, 7) is 1.81. The molecule has 0 radical (unpaired) electrons. The van der Waals surface area contributed by atoms with Crippen molar-refractivity contribution in [1.29, 1.82) is 0 Å². The van der Waals surface area contributed by atoms with E-state index in [0.717, 1.165) is 18.4 Å². The van der Waals surface area contributed by atoms with Gasteiger partial charge in [-0.25, -0.2) is 0 Å². The number of rotatable bonds is 2. The summed E-state index contributed by atoms with van der Waals surface area (Å²) in [6.07, 6.45) is 1.63. The van der Waals surface area contributed by atoms with Crippen molar-refractivity contribution >= 4 is 23.2 Å². The van der Waals surface area contributed by atoms with Crippen LogP contribution in [0.15, 0.2) is 34.7 Å². The quantitative estimate of drug-likeness (QED) is 0.765. The molecule has 1 saturated carbocycles. The molecule has 3 heterocycles. The van der Waals surface area contributed by atoms with Gasteiger partial charge < -0.3 is 9.15 Å². The Bertz CT molecular complexity index is 854. The van der Waals surface area contributed by atoms with Gasteiger partial charge in [-0.2, -0.15) is 0 Å². The lowest BCUT2D eigenvalue weighted by Crippen LogP contribution is -2.29. The van der Waals surface area contributed by atoms with Gasteiger partial charge in [-0.15, -0.1) is 0 Å². The van der Waals surface area contributed by atoms with E-state index in [-0.39, 0.29) is 35.6 Å². The molecule has 5 rings (SSSR count). The largest absolute Gasteiger partial charge is 0.461 e. The Balaban J connectivity index is 1.53. The molecule has 5 heteroatoms. The van der Waals surface area contributed by atoms with Crippen LogP contribution in [0.2, 0.25) is 5.02 Å². The third-order valence-corrected chi connectivity index (χ3v) is 6.15. The van der Waals surface area contributed by atoms with Crippen molar-refractivity contribution in [1.82, 2.24) is 0 Å². The molecule has 0 spiro atoms. The molecule has 0 amide bonds. The first-order valence-corrected chi connectivity index (χ1v) is 9.01. The van der Waals surface area contributed by atoms with Crippen LogP contribution in [0.5, 0.6) is 0 Å². The molecule has 3 fully saturated rings. The van der Waals surface area contributed by atoms with Crippen LogP contribution in [0, 0.1) is 18.8 Å². The number of ketones is 2. The lowest BCUT2D eigenvalue weighted by Gasteiger charge is -2.16. The second-order valence-corrected chi connectivity index (χ2v) is 7.65. The Labute approximate surface area is 150 Å². The van der Waals surface area contributed by atoms with E-state index in [2.05, 4.69) is 0 Å². The molecule has 2 aromatic rings. The van der Waals surface area contributed by atoms with Crippen molar-refractivity contribution in [3.63, 3.8) is 0 Å². The van der Waals surface area contributed by atoms with E-state index in [4.69, 9.17) is 20.8 Å². The second kappa shape index (κ2) is 5.29. The lowest BCUT2D eigenvalue weighted by atomic mass is 9.81. The zero-order valence-corrected chi connectivity index (χ0v) is 14.5. The molecule has 4 nitrogen and oxygen atoms in total. The number of aryl methyl sites for hydroxylation is 1. The first-order chi connectivity index (χ1) is 12.0. The van der Waals surface area contributed by atoms with Crippen LogP contribution in [-0.4, -0.2) is 23.8 Å². The summed E-state index contributed by atoms with van der Waals surface area (Å²) in [5.74, 6) is 0.0781. The molecule has 5 atom stereocenters. The van der Waals surface area contributed by atoms with E-state index in [1.165, 1.54) is 0 Å². The van der Waals surface area contributed by atoms with Gasteiger partial charge in [0.25, 0.3) is 0 Å². The SMILES string of the molecule is Cc1oc(-c2ccc(Cl)cc2)cc1C1C(=O)[C@@H]2[C@H](C1=O)[C@@H]1CC[C@H]2O1. The van der Waals surface area contributed by atoms with Crippen molar-refractivity contribution in [2.45, 2.75) is 37.9 Å². The van der Waals surface area contributed by atoms with Gasteiger partial charge in [0.15, 0.2) is 11.6 Å². The molecule has 1 unspecified atom stereocenters. The predicted molar refractivity (Wildman–Crippen MR) is 91.5 cm³/mol. The van der Waals surface area contributed by atoms with Crippen molar-refractivity contribution in [2.24, 2.45) is 11.8 Å². The first-order valence-electron chi connectivity index (χ1n) is 8.64. The average molecular weight is 357 g/mol. The fourth-order valence-electron chi connectivity index (χ4n) is 4.77. The fourth-order valence-corrected chi connectivity index (χ4v) is 4.90. The summed E-state index contributed by atoms with van der Waals surface area (Å²) in [4.78, 5) is 25.9. The summed E-state index contributed by atoms with van der Waals surface area (Å²) < 4.78 is 11.7. The molecule has 3 aliphatic rings. The Kier molecular flexibility index (Phi) is 3.25. The van der Waals surface area contributed by atoms with Crippen LogP contribution in [0.3, 0.4) is 0 Å². The zero-order chi connectivity index (χ0) is 17.3. The van der Waals surface area contributed by atoms with Crippen LogP contribution < -0.4 is 0 Å². The van der Waals surface area contributed by atoms with Crippen molar-refractivity contribution in [2.75, 3.05) is 0 Å². The molecule has 2 bridgehead atoms. The average Bonchev–Trinajstić information content (AvgIpc) is 3.33. The minimum absolute atomic E-state index is 0.00811. The minimum atomic E-state index is -0.702. The number of benzene rings is 1. The van der Waals surface area contributed by atoms with Crippen molar-refractivity contribution < 1.29 is 18.7 Å². The van der Waals surface area contributed by atoms with Gasteiger partial charge in [-0.1, -0.05) is 11.6 Å². The normalized spacial score (nSPS) is 33.3. The number of hydrogen-bond acceptors (Lipinski definition) is 4. The first kappa shape index (κ1) is 15.4. The van der Waals surface area contributed by atoms with Gasteiger partial charge >= 0.3 is 0 Å². The number of Topliss-reactive ketones (excluding diaryl/α,β-unsaturated/α-hetero) is 2.